The minimum Gasteiger partial charge on any atom is -0.492 e. The molecule has 2 aromatic carbocycles. The zero-order chi connectivity index (χ0) is 18.6. The van der Waals surface area contributed by atoms with E-state index in [0.29, 0.717) is 24.3 Å². The van der Waals surface area contributed by atoms with Gasteiger partial charge in [0.15, 0.2) is 0 Å². The summed E-state index contributed by atoms with van der Waals surface area (Å²) in [7, 11) is 0. The number of ether oxygens (including phenoxy) is 1. The number of amides is 2. The van der Waals surface area contributed by atoms with Crippen LogP contribution >= 0.6 is 0 Å². The fourth-order valence-corrected chi connectivity index (χ4v) is 2.50. The first-order valence-corrected chi connectivity index (χ1v) is 9.05. The summed E-state index contributed by atoms with van der Waals surface area (Å²) >= 11 is 0. The molecule has 0 aliphatic heterocycles. The molecule has 2 amide bonds. The van der Waals surface area contributed by atoms with Gasteiger partial charge in [0.2, 0.25) is 5.91 Å². The third kappa shape index (κ3) is 6.59. The molecule has 0 atom stereocenters. The maximum Gasteiger partial charge on any atom is 0.273 e. The smallest absolute Gasteiger partial charge is 0.273 e. The molecule has 0 fully saturated rings. The number of unbranched alkanes of at least 4 members (excludes halogenated alkanes) is 2. The van der Waals surface area contributed by atoms with Crippen molar-refractivity contribution in [3.63, 3.8) is 0 Å². The van der Waals surface area contributed by atoms with E-state index < -0.39 is 0 Å². The van der Waals surface area contributed by atoms with Crippen LogP contribution in [0.2, 0.25) is 0 Å². The summed E-state index contributed by atoms with van der Waals surface area (Å²) in [4.78, 5) is 24.0. The van der Waals surface area contributed by atoms with Crippen LogP contribution in [0.3, 0.4) is 0 Å². The first kappa shape index (κ1) is 19.5. The van der Waals surface area contributed by atoms with Crippen molar-refractivity contribution >= 4 is 11.8 Å². The summed E-state index contributed by atoms with van der Waals surface area (Å²) in [6, 6.07) is 17.0. The lowest BCUT2D eigenvalue weighted by Gasteiger charge is -2.12. The van der Waals surface area contributed by atoms with Gasteiger partial charge in [-0.1, -0.05) is 62.2 Å². The van der Waals surface area contributed by atoms with Gasteiger partial charge >= 0.3 is 0 Å². The first-order valence-electron chi connectivity index (χ1n) is 9.05. The van der Waals surface area contributed by atoms with Crippen LogP contribution in [-0.4, -0.2) is 18.4 Å². The predicted octanol–water partition coefficient (Wildman–Crippen LogP) is 3.65. The van der Waals surface area contributed by atoms with Crippen molar-refractivity contribution < 1.29 is 14.3 Å². The van der Waals surface area contributed by atoms with Gasteiger partial charge in [-0.15, -0.1) is 0 Å². The number of rotatable bonds is 9. The second-order valence-corrected chi connectivity index (χ2v) is 6.04. The number of hydrogen-bond donors (Lipinski definition) is 2. The molecule has 0 aromatic heterocycles. The molecular formula is C21H26N2O3. The Balaban J connectivity index is 1.84. The zero-order valence-corrected chi connectivity index (χ0v) is 15.2. The van der Waals surface area contributed by atoms with Crippen LogP contribution in [0, 0.1) is 0 Å². The Hall–Kier alpha value is -2.82. The number of hydrogen-bond acceptors (Lipinski definition) is 3. The molecule has 0 spiro atoms. The highest BCUT2D eigenvalue weighted by Crippen LogP contribution is 2.18. The lowest BCUT2D eigenvalue weighted by molar-refractivity contribution is -0.121. The van der Waals surface area contributed by atoms with Gasteiger partial charge in [-0.05, 0) is 24.1 Å². The van der Waals surface area contributed by atoms with Gasteiger partial charge in [0, 0.05) is 12.8 Å². The predicted molar refractivity (Wildman–Crippen MR) is 102 cm³/mol. The maximum absolute atomic E-state index is 12.3. The van der Waals surface area contributed by atoms with Crippen molar-refractivity contribution in [2.75, 3.05) is 6.61 Å². The number of carbonyl (C=O) groups excluding carboxylic acids is 2. The molecule has 0 saturated heterocycles. The Morgan fingerprint density at radius 1 is 0.923 bits per heavy atom. The minimum atomic E-state index is -0.385. The molecule has 2 N–H and O–H groups in total. The minimum absolute atomic E-state index is 0.186. The highest BCUT2D eigenvalue weighted by atomic mass is 16.5. The second-order valence-electron chi connectivity index (χ2n) is 6.04. The van der Waals surface area contributed by atoms with Crippen LogP contribution in [0.4, 0.5) is 0 Å². The number of hydrazine groups is 1. The van der Waals surface area contributed by atoms with E-state index in [1.165, 1.54) is 5.56 Å². The van der Waals surface area contributed by atoms with Crippen LogP contribution in [0.15, 0.2) is 54.6 Å². The van der Waals surface area contributed by atoms with Gasteiger partial charge in [-0.25, -0.2) is 0 Å². The Labute approximate surface area is 154 Å². The third-order valence-corrected chi connectivity index (χ3v) is 3.95. The lowest BCUT2D eigenvalue weighted by Crippen LogP contribution is -2.41. The zero-order valence-electron chi connectivity index (χ0n) is 15.2. The summed E-state index contributed by atoms with van der Waals surface area (Å²) in [5, 5.41) is 0. The fourth-order valence-electron chi connectivity index (χ4n) is 2.50. The van der Waals surface area contributed by atoms with E-state index in [9.17, 15) is 9.59 Å². The van der Waals surface area contributed by atoms with Gasteiger partial charge in [0.1, 0.15) is 5.75 Å². The summed E-state index contributed by atoms with van der Waals surface area (Å²) in [6.45, 7) is 2.55. The van der Waals surface area contributed by atoms with Crippen LogP contribution in [0.5, 0.6) is 5.75 Å². The molecule has 2 aromatic rings. The Morgan fingerprint density at radius 3 is 2.42 bits per heavy atom. The van der Waals surface area contributed by atoms with E-state index >= 15 is 0 Å². The molecule has 138 valence electrons. The molecule has 26 heavy (non-hydrogen) atoms. The average molecular weight is 354 g/mol. The molecule has 2 rings (SSSR count). The molecule has 0 unspecified atom stereocenters. The molecule has 0 radical (unpaired) electrons. The van der Waals surface area contributed by atoms with Crippen molar-refractivity contribution in [2.24, 2.45) is 0 Å². The summed E-state index contributed by atoms with van der Waals surface area (Å²) in [5.74, 6) is -0.0698. The van der Waals surface area contributed by atoms with E-state index in [1.54, 1.807) is 18.2 Å². The highest BCUT2D eigenvalue weighted by Gasteiger charge is 2.13. The van der Waals surface area contributed by atoms with Crippen molar-refractivity contribution in [2.45, 2.75) is 39.0 Å². The molecule has 5 heteroatoms. The van der Waals surface area contributed by atoms with Gasteiger partial charge < -0.3 is 4.74 Å². The maximum atomic E-state index is 12.3. The third-order valence-electron chi connectivity index (χ3n) is 3.95. The van der Waals surface area contributed by atoms with E-state index in [2.05, 4.69) is 17.8 Å². The van der Waals surface area contributed by atoms with Crippen LogP contribution < -0.4 is 15.6 Å². The van der Waals surface area contributed by atoms with Crippen LogP contribution in [0.25, 0.3) is 0 Å². The lowest BCUT2D eigenvalue weighted by atomic mass is 10.1. The molecule has 5 nitrogen and oxygen atoms in total. The largest absolute Gasteiger partial charge is 0.492 e. The van der Waals surface area contributed by atoms with Crippen molar-refractivity contribution in [3.05, 3.63) is 65.7 Å². The van der Waals surface area contributed by atoms with Gasteiger partial charge in [0.05, 0.1) is 12.2 Å². The van der Waals surface area contributed by atoms with Gasteiger partial charge in [0.25, 0.3) is 5.91 Å². The molecule has 0 aliphatic carbocycles. The quantitative estimate of drug-likeness (QED) is 0.533. The molecule has 0 heterocycles. The van der Waals surface area contributed by atoms with Crippen molar-refractivity contribution in [1.82, 2.24) is 10.9 Å². The first-order chi connectivity index (χ1) is 12.7. The van der Waals surface area contributed by atoms with E-state index in [0.717, 1.165) is 25.7 Å². The van der Waals surface area contributed by atoms with Gasteiger partial charge in [-0.2, -0.15) is 0 Å². The number of para-hydroxylation sites is 1. The van der Waals surface area contributed by atoms with Crippen molar-refractivity contribution in [3.8, 4) is 5.75 Å². The average Bonchev–Trinajstić information content (AvgIpc) is 2.67. The summed E-state index contributed by atoms with van der Waals surface area (Å²) < 4.78 is 5.77. The second kappa shape index (κ2) is 10.9. The van der Waals surface area contributed by atoms with E-state index in [-0.39, 0.29) is 11.8 Å². The summed E-state index contributed by atoms with van der Waals surface area (Å²) in [6.07, 6.45) is 4.03. The standard InChI is InChI=1S/C21H26N2O3/c1-2-3-5-14-20(24)22-23-21(25)18-12-8-9-13-19(18)26-16-15-17-10-6-4-7-11-17/h4,6-13H,2-3,5,14-16H2,1H3,(H,22,24)(H,23,25). The van der Waals surface area contributed by atoms with E-state index in [1.807, 2.05) is 36.4 Å². The topological polar surface area (TPSA) is 67.4 Å². The van der Waals surface area contributed by atoms with Crippen molar-refractivity contribution in [1.29, 1.82) is 0 Å². The molecule has 0 aliphatic rings. The number of carbonyl (C=O) groups is 2. The number of nitrogens with one attached hydrogen (secondary N) is 2. The number of benzene rings is 2. The highest BCUT2D eigenvalue weighted by molar-refractivity contribution is 5.97. The SMILES string of the molecule is CCCCCC(=O)NNC(=O)c1ccccc1OCCc1ccccc1. The molecule has 0 bridgehead atoms. The molecular weight excluding hydrogens is 328 g/mol. The Kier molecular flexibility index (Phi) is 8.19. The molecule has 0 saturated carbocycles. The summed E-state index contributed by atoms with van der Waals surface area (Å²) in [5.41, 5.74) is 6.48. The van der Waals surface area contributed by atoms with Gasteiger partial charge in [-0.3, -0.25) is 20.4 Å². The van der Waals surface area contributed by atoms with Crippen LogP contribution in [0.1, 0.15) is 48.5 Å². The fraction of sp³-hybridized carbons (Fsp3) is 0.333. The van der Waals surface area contributed by atoms with Crippen LogP contribution in [-0.2, 0) is 11.2 Å². The van der Waals surface area contributed by atoms with E-state index in [4.69, 9.17) is 4.74 Å². The Morgan fingerprint density at radius 2 is 1.65 bits per heavy atom. The monoisotopic (exact) mass is 354 g/mol. The normalized spacial score (nSPS) is 10.2. The Bertz CT molecular complexity index is 701.